The molecule has 0 aliphatic carbocycles. The molecule has 42 valence electrons. The average molecular weight is 139 g/mol. The third-order valence-corrected chi connectivity index (χ3v) is 0.289. The molecule has 0 atom stereocenters. The molecule has 0 amide bonds. The van der Waals surface area contributed by atoms with Crippen LogP contribution in [0.5, 0.6) is 0 Å². The molecule has 0 unspecified atom stereocenters. The maximum atomic E-state index is 9.26. The summed E-state index contributed by atoms with van der Waals surface area (Å²) in [5.41, 5.74) is 0. The molecule has 3 nitrogen and oxygen atoms in total. The number of carboxylic acid groups (broad SMARTS) is 1. The van der Waals surface area contributed by atoms with Gasteiger partial charge < -0.3 is 16.1 Å². The Morgan fingerprint density at radius 2 is 1.86 bits per heavy atom. The summed E-state index contributed by atoms with van der Waals surface area (Å²) in [6, 6.07) is 0. The van der Waals surface area contributed by atoms with E-state index in [1.807, 2.05) is 0 Å². The van der Waals surface area contributed by atoms with Crippen LogP contribution in [0.4, 0.5) is 0 Å². The molecule has 4 heteroatoms. The van der Waals surface area contributed by atoms with Crippen LogP contribution >= 0.6 is 0 Å². The Labute approximate surface area is 57.6 Å². The summed E-state index contributed by atoms with van der Waals surface area (Å²) in [6.45, 7) is 1.54. The minimum absolute atomic E-state index is 0. The molecule has 0 radical (unpaired) electrons. The zero-order valence-corrected chi connectivity index (χ0v) is 6.09. The summed E-state index contributed by atoms with van der Waals surface area (Å²) < 4.78 is 0. The monoisotopic (exact) mass is 139 g/mol. The van der Waals surface area contributed by atoms with Crippen molar-refractivity contribution in [2.75, 3.05) is 0 Å². The van der Waals surface area contributed by atoms with Gasteiger partial charge in [-0.15, -0.1) is 0 Å². The number of carbonyl (C=O) groups excluding carboxylic acids is 1. The third-order valence-electron chi connectivity index (χ3n) is 0.289. The van der Waals surface area contributed by atoms with Crippen molar-refractivity contribution in [3.05, 3.63) is 0 Å². The van der Waals surface area contributed by atoms with Crippen LogP contribution in [0, 0.1) is 0 Å². The van der Waals surface area contributed by atoms with E-state index in [-0.39, 0.29) is 34.3 Å². The molecule has 0 aliphatic rings. The van der Waals surface area contributed by atoms with Crippen molar-refractivity contribution in [3.63, 3.8) is 0 Å². The van der Waals surface area contributed by atoms with E-state index in [4.69, 9.17) is 0 Å². The van der Waals surface area contributed by atoms with Crippen molar-refractivity contribution in [2.45, 2.75) is 13.3 Å². The number of carbonyl (C=O) groups is 1. The van der Waals surface area contributed by atoms with Gasteiger partial charge in [-0.2, -0.15) is 0 Å². The summed E-state index contributed by atoms with van der Waals surface area (Å²) in [5, 5.41) is 9.26. The zero-order valence-electron chi connectivity index (χ0n) is 4.52. The first-order valence-electron chi connectivity index (χ1n) is 1.47. The fourth-order valence-corrected chi connectivity index (χ4v) is 0. The Kier molecular flexibility index (Phi) is 21.2. The molecule has 0 bridgehead atoms. The predicted molar refractivity (Wildman–Crippen MR) is 21.3 cm³/mol. The fraction of sp³-hybridized carbons (Fsp3) is 0.667. The van der Waals surface area contributed by atoms with Crippen LogP contribution in [-0.2, 0) is 26.5 Å². The van der Waals surface area contributed by atoms with Crippen molar-refractivity contribution in [3.8, 4) is 0 Å². The van der Waals surface area contributed by atoms with Gasteiger partial charge in [-0.1, -0.05) is 6.92 Å². The molecule has 0 heterocycles. The van der Waals surface area contributed by atoms with Crippen LogP contribution in [0.3, 0.4) is 0 Å². The van der Waals surface area contributed by atoms with Crippen molar-refractivity contribution in [2.24, 2.45) is 0 Å². The zero-order chi connectivity index (χ0) is 4.28. The summed E-state index contributed by atoms with van der Waals surface area (Å²) in [5.74, 6) is -0.995. The second-order valence-electron chi connectivity index (χ2n) is 0.726. The Bertz CT molecular complexity index is 48.2. The smallest absolute Gasteiger partial charge is 0.0411 e. The van der Waals surface area contributed by atoms with Gasteiger partial charge in [-0.05, 0) is 6.42 Å². The standard InChI is InChI=1S/C3H6O2.H3N.Ti/c1-2-3(4)5;;/h2H2,1H3,(H,4,5);1H3;. The van der Waals surface area contributed by atoms with E-state index in [0.29, 0.717) is 0 Å². The average Bonchev–Trinajstić information content (AvgIpc) is 1.38. The van der Waals surface area contributed by atoms with Crippen LogP contribution < -0.4 is 11.3 Å². The number of aliphatic carboxylic acids is 1. The van der Waals surface area contributed by atoms with E-state index in [2.05, 4.69) is 0 Å². The Hall–Kier alpha value is 0.144. The molecular weight excluding hydrogens is 130 g/mol. The second kappa shape index (κ2) is 9.47. The van der Waals surface area contributed by atoms with Crippen LogP contribution in [0.25, 0.3) is 0 Å². The number of hydrogen-bond donors (Lipinski definition) is 1. The summed E-state index contributed by atoms with van der Waals surface area (Å²) >= 11 is 0. The van der Waals surface area contributed by atoms with E-state index < -0.39 is 5.97 Å². The van der Waals surface area contributed by atoms with E-state index in [9.17, 15) is 9.90 Å². The fourth-order valence-electron chi connectivity index (χ4n) is 0. The molecule has 0 saturated carbocycles. The van der Waals surface area contributed by atoms with Crippen molar-refractivity contribution < 1.29 is 31.6 Å². The summed E-state index contributed by atoms with van der Waals surface area (Å²) in [7, 11) is 0. The van der Waals surface area contributed by atoms with Gasteiger partial charge in [0.2, 0.25) is 0 Å². The van der Waals surface area contributed by atoms with Gasteiger partial charge >= 0.3 is 0 Å². The van der Waals surface area contributed by atoms with Crippen LogP contribution in [0.15, 0.2) is 0 Å². The molecule has 0 rings (SSSR count). The molecule has 0 aromatic carbocycles. The van der Waals surface area contributed by atoms with Crippen molar-refractivity contribution >= 4 is 5.97 Å². The van der Waals surface area contributed by atoms with Gasteiger partial charge in [-0.3, -0.25) is 0 Å². The van der Waals surface area contributed by atoms with E-state index >= 15 is 0 Å². The molecule has 4 N–H and O–H groups in total. The topological polar surface area (TPSA) is 76.6 Å². The Morgan fingerprint density at radius 3 is 1.86 bits per heavy atom. The van der Waals surface area contributed by atoms with Gasteiger partial charge in [0.25, 0.3) is 0 Å². The first-order chi connectivity index (χ1) is 2.27. The quantitative estimate of drug-likeness (QED) is 0.498. The Balaban J connectivity index is -0.0000000800. The molecule has 0 fully saturated rings. The van der Waals surface area contributed by atoms with E-state index in [0.717, 1.165) is 0 Å². The maximum absolute atomic E-state index is 9.26. The molecule has 0 aromatic rings. The molecule has 0 saturated heterocycles. The molecule has 7 heavy (non-hydrogen) atoms. The van der Waals surface area contributed by atoms with Crippen LogP contribution in [0.2, 0.25) is 0 Å². The Morgan fingerprint density at radius 1 is 1.71 bits per heavy atom. The summed E-state index contributed by atoms with van der Waals surface area (Å²) in [4.78, 5) is 9.26. The number of carboxylic acids is 1. The molecule has 0 spiro atoms. The maximum Gasteiger partial charge on any atom is 0.0411 e. The normalized spacial score (nSPS) is 5.29. The largest absolute Gasteiger partial charge is 0.550 e. The van der Waals surface area contributed by atoms with Gasteiger partial charge in [0.05, 0.1) is 0 Å². The van der Waals surface area contributed by atoms with Gasteiger partial charge in [-0.25, -0.2) is 0 Å². The molecular formula is C3H9NO2Ti. The number of rotatable bonds is 1. The number of hydrogen-bond acceptors (Lipinski definition) is 2. The van der Waals surface area contributed by atoms with Crippen LogP contribution in [-0.4, -0.2) is 5.97 Å². The summed E-state index contributed by atoms with van der Waals surface area (Å²) in [6.07, 6.45) is 0.111. The van der Waals surface area contributed by atoms with Crippen molar-refractivity contribution in [1.82, 2.24) is 6.15 Å². The van der Waals surface area contributed by atoms with Crippen molar-refractivity contribution in [1.29, 1.82) is 0 Å². The predicted octanol–water partition coefficient (Wildman–Crippen LogP) is -0.480. The van der Waals surface area contributed by atoms with Gasteiger partial charge in [0.15, 0.2) is 0 Å². The molecule has 0 aliphatic heterocycles. The minimum atomic E-state index is -0.995. The van der Waals surface area contributed by atoms with Gasteiger partial charge in [0, 0.05) is 27.7 Å². The van der Waals surface area contributed by atoms with E-state index in [1.165, 1.54) is 6.92 Å². The number of quaternary nitrogens is 1. The van der Waals surface area contributed by atoms with Gasteiger partial charge in [0.1, 0.15) is 0 Å². The SMILES string of the molecule is CCC(=O)[O-].[NH4+].[Ti]. The third kappa shape index (κ3) is 23.0. The second-order valence-corrected chi connectivity index (χ2v) is 0.726. The van der Waals surface area contributed by atoms with E-state index in [1.54, 1.807) is 0 Å². The van der Waals surface area contributed by atoms with Crippen LogP contribution in [0.1, 0.15) is 13.3 Å². The molecule has 0 aromatic heterocycles. The first kappa shape index (κ1) is 15.7. The first-order valence-corrected chi connectivity index (χ1v) is 1.47. The minimum Gasteiger partial charge on any atom is -0.550 e.